The second-order valence-electron chi connectivity index (χ2n) is 6.02. The number of nitro groups is 1. The van der Waals surface area contributed by atoms with Gasteiger partial charge in [0.15, 0.2) is 0 Å². The zero-order chi connectivity index (χ0) is 19.3. The molecular formula is C17H20ClN3O4S. The van der Waals surface area contributed by atoms with Crippen molar-refractivity contribution in [3.63, 3.8) is 0 Å². The Hall–Kier alpha value is -2.16. The Kier molecular flexibility index (Phi) is 6.57. The van der Waals surface area contributed by atoms with Crippen molar-refractivity contribution in [2.24, 2.45) is 0 Å². The minimum atomic E-state index is -3.79. The molecule has 0 aliphatic heterocycles. The highest BCUT2D eigenvalue weighted by atomic mass is 35.5. The quantitative estimate of drug-likeness (QED) is 0.523. The van der Waals surface area contributed by atoms with E-state index >= 15 is 0 Å². The predicted molar refractivity (Wildman–Crippen MR) is 102 cm³/mol. The number of hydrogen-bond acceptors (Lipinski definition) is 5. The number of benzene rings is 2. The van der Waals surface area contributed by atoms with Crippen molar-refractivity contribution in [2.45, 2.75) is 31.2 Å². The Labute approximate surface area is 157 Å². The lowest BCUT2D eigenvalue weighted by molar-refractivity contribution is -0.384. The van der Waals surface area contributed by atoms with E-state index in [4.69, 9.17) is 11.6 Å². The van der Waals surface area contributed by atoms with Crippen LogP contribution in [0.15, 0.2) is 47.4 Å². The molecule has 0 saturated heterocycles. The van der Waals surface area contributed by atoms with E-state index in [1.165, 1.54) is 12.1 Å². The molecule has 140 valence electrons. The molecule has 0 heterocycles. The number of nitrogens with one attached hydrogen (secondary N) is 2. The molecule has 2 rings (SSSR count). The number of nitrogens with zero attached hydrogens (tertiary/aromatic N) is 1. The van der Waals surface area contributed by atoms with Gasteiger partial charge in [0, 0.05) is 23.7 Å². The van der Waals surface area contributed by atoms with Crippen molar-refractivity contribution in [2.75, 3.05) is 11.9 Å². The Morgan fingerprint density at radius 1 is 1.15 bits per heavy atom. The van der Waals surface area contributed by atoms with Crippen LogP contribution in [0.25, 0.3) is 0 Å². The summed E-state index contributed by atoms with van der Waals surface area (Å²) in [6.07, 6.45) is 0.642. The van der Waals surface area contributed by atoms with Crippen LogP contribution in [-0.4, -0.2) is 25.9 Å². The molecule has 9 heteroatoms. The normalized spacial score (nSPS) is 11.5. The fourth-order valence-corrected chi connectivity index (χ4v) is 3.75. The summed E-state index contributed by atoms with van der Waals surface area (Å²) < 4.78 is 26.8. The lowest BCUT2D eigenvalue weighted by Gasteiger charge is -2.11. The third-order valence-corrected chi connectivity index (χ3v) is 5.42. The van der Waals surface area contributed by atoms with Gasteiger partial charge in [0.05, 0.1) is 9.82 Å². The second-order valence-corrected chi connectivity index (χ2v) is 8.17. The predicted octanol–water partition coefficient (Wildman–Crippen LogP) is 3.59. The lowest BCUT2D eigenvalue weighted by atomic mass is 10.1. The van der Waals surface area contributed by atoms with Crippen molar-refractivity contribution in [1.82, 2.24) is 4.72 Å². The monoisotopic (exact) mass is 397 g/mol. The summed E-state index contributed by atoms with van der Waals surface area (Å²) >= 11 is 5.84. The van der Waals surface area contributed by atoms with Crippen molar-refractivity contribution in [1.29, 1.82) is 0 Å². The van der Waals surface area contributed by atoms with E-state index in [0.717, 1.165) is 11.6 Å². The standard InChI is InChI=1S/C17H20ClN3O4S/c1-12(2)20-26(24,25)15-7-8-16(17(11-15)21(22)23)19-10-9-13-3-5-14(18)6-4-13/h3-8,11-12,19-20H,9-10H2,1-2H3. The SMILES string of the molecule is CC(C)NS(=O)(=O)c1ccc(NCCc2ccc(Cl)cc2)c([N+](=O)[O-])c1. The second kappa shape index (κ2) is 8.48. The van der Waals surface area contributed by atoms with Crippen LogP contribution in [0.3, 0.4) is 0 Å². The molecule has 0 unspecified atom stereocenters. The molecule has 0 radical (unpaired) electrons. The van der Waals surface area contributed by atoms with Gasteiger partial charge in [-0.15, -0.1) is 0 Å². The molecule has 0 aliphatic carbocycles. The van der Waals surface area contributed by atoms with Crippen LogP contribution in [0.4, 0.5) is 11.4 Å². The molecule has 0 saturated carbocycles. The summed E-state index contributed by atoms with van der Waals surface area (Å²) in [4.78, 5) is 10.6. The van der Waals surface area contributed by atoms with Crippen molar-refractivity contribution in [3.05, 3.63) is 63.2 Å². The van der Waals surface area contributed by atoms with Gasteiger partial charge in [0.2, 0.25) is 10.0 Å². The summed E-state index contributed by atoms with van der Waals surface area (Å²) in [5.41, 5.74) is 1.02. The van der Waals surface area contributed by atoms with Gasteiger partial charge >= 0.3 is 0 Å². The van der Waals surface area contributed by atoms with E-state index < -0.39 is 14.9 Å². The summed E-state index contributed by atoms with van der Waals surface area (Å²) in [7, 11) is -3.79. The first-order valence-corrected chi connectivity index (χ1v) is 9.84. The van der Waals surface area contributed by atoms with Gasteiger partial charge in [0.25, 0.3) is 5.69 Å². The highest BCUT2D eigenvalue weighted by Crippen LogP contribution is 2.27. The fourth-order valence-electron chi connectivity index (χ4n) is 2.35. The fraction of sp³-hybridized carbons (Fsp3) is 0.294. The topological polar surface area (TPSA) is 101 Å². The molecule has 2 aromatic rings. The molecule has 0 atom stereocenters. The average molecular weight is 398 g/mol. The molecule has 0 fully saturated rings. The molecule has 26 heavy (non-hydrogen) atoms. The maximum atomic E-state index is 12.2. The number of sulfonamides is 1. The molecular weight excluding hydrogens is 378 g/mol. The van der Waals surface area contributed by atoms with Gasteiger partial charge in [-0.2, -0.15) is 0 Å². The lowest BCUT2D eigenvalue weighted by Crippen LogP contribution is -2.30. The van der Waals surface area contributed by atoms with Crippen LogP contribution in [-0.2, 0) is 16.4 Å². The summed E-state index contributed by atoms with van der Waals surface area (Å²) in [5, 5.41) is 15.0. The highest BCUT2D eigenvalue weighted by molar-refractivity contribution is 7.89. The van der Waals surface area contributed by atoms with Gasteiger partial charge in [-0.05, 0) is 50.1 Å². The molecule has 2 N–H and O–H groups in total. The van der Waals surface area contributed by atoms with Crippen LogP contribution in [0.1, 0.15) is 19.4 Å². The van der Waals surface area contributed by atoms with Crippen LogP contribution in [0, 0.1) is 10.1 Å². The maximum absolute atomic E-state index is 12.2. The van der Waals surface area contributed by atoms with Gasteiger partial charge in [-0.3, -0.25) is 10.1 Å². The van der Waals surface area contributed by atoms with E-state index in [0.29, 0.717) is 18.0 Å². The summed E-state index contributed by atoms with van der Waals surface area (Å²) in [6.45, 7) is 3.82. The van der Waals surface area contributed by atoms with Crippen LogP contribution >= 0.6 is 11.6 Å². The third kappa shape index (κ3) is 5.42. The summed E-state index contributed by atoms with van der Waals surface area (Å²) in [5.74, 6) is 0. The Bertz CT molecular complexity index is 883. The third-order valence-electron chi connectivity index (χ3n) is 3.51. The molecule has 0 amide bonds. The Morgan fingerprint density at radius 3 is 2.38 bits per heavy atom. The van der Waals surface area contributed by atoms with Crippen LogP contribution in [0.5, 0.6) is 0 Å². The summed E-state index contributed by atoms with van der Waals surface area (Å²) in [6, 6.07) is 10.8. The van der Waals surface area contributed by atoms with Crippen LogP contribution in [0.2, 0.25) is 5.02 Å². The maximum Gasteiger partial charge on any atom is 0.293 e. The van der Waals surface area contributed by atoms with Crippen molar-refractivity contribution < 1.29 is 13.3 Å². The minimum absolute atomic E-state index is 0.138. The average Bonchev–Trinajstić information content (AvgIpc) is 2.55. The van der Waals surface area contributed by atoms with Gasteiger partial charge < -0.3 is 5.32 Å². The van der Waals surface area contributed by atoms with E-state index in [-0.39, 0.29) is 22.3 Å². The van der Waals surface area contributed by atoms with Gasteiger partial charge in [-0.25, -0.2) is 13.1 Å². The largest absolute Gasteiger partial charge is 0.379 e. The zero-order valence-electron chi connectivity index (χ0n) is 14.4. The van der Waals surface area contributed by atoms with E-state index in [1.807, 2.05) is 12.1 Å². The van der Waals surface area contributed by atoms with E-state index in [1.54, 1.807) is 26.0 Å². The molecule has 0 bridgehead atoms. The number of rotatable bonds is 8. The number of anilines is 1. The molecule has 0 aromatic heterocycles. The number of nitro benzene ring substituents is 1. The molecule has 7 nitrogen and oxygen atoms in total. The van der Waals surface area contributed by atoms with E-state index in [2.05, 4.69) is 10.0 Å². The van der Waals surface area contributed by atoms with Crippen molar-refractivity contribution >= 4 is 33.0 Å². The molecule has 0 spiro atoms. The zero-order valence-corrected chi connectivity index (χ0v) is 16.0. The number of hydrogen-bond donors (Lipinski definition) is 2. The highest BCUT2D eigenvalue weighted by Gasteiger charge is 2.21. The van der Waals surface area contributed by atoms with Crippen molar-refractivity contribution in [3.8, 4) is 0 Å². The minimum Gasteiger partial charge on any atom is -0.379 e. The first-order chi connectivity index (χ1) is 12.2. The Morgan fingerprint density at radius 2 is 1.81 bits per heavy atom. The van der Waals surface area contributed by atoms with E-state index in [9.17, 15) is 18.5 Å². The number of halogens is 1. The Balaban J connectivity index is 2.15. The van der Waals surface area contributed by atoms with Gasteiger partial charge in [-0.1, -0.05) is 23.7 Å². The van der Waals surface area contributed by atoms with Crippen LogP contribution < -0.4 is 10.0 Å². The molecule has 0 aliphatic rings. The smallest absolute Gasteiger partial charge is 0.293 e. The molecule has 2 aromatic carbocycles. The first kappa shape index (κ1) is 20.2. The first-order valence-electron chi connectivity index (χ1n) is 7.98. The van der Waals surface area contributed by atoms with Gasteiger partial charge in [0.1, 0.15) is 5.69 Å².